The smallest absolute Gasteiger partial charge is 0.328 e. The van der Waals surface area contributed by atoms with Gasteiger partial charge >= 0.3 is 14.2 Å². The predicted octanol–water partition coefficient (Wildman–Crippen LogP) is 5.34. The molecular weight excluding hydrogens is 389 g/mol. The molecule has 0 saturated carbocycles. The summed E-state index contributed by atoms with van der Waals surface area (Å²) in [4.78, 5) is 18.2. The molecule has 166 valence electrons. The minimum atomic E-state index is -2.73. The van der Waals surface area contributed by atoms with Crippen LogP contribution in [-0.4, -0.2) is 29.1 Å². The summed E-state index contributed by atoms with van der Waals surface area (Å²) in [6, 6.07) is 0. The Labute approximate surface area is 176 Å². The second-order valence-electron chi connectivity index (χ2n) is 6.09. The van der Waals surface area contributed by atoms with Gasteiger partial charge < -0.3 is 20.3 Å². The SMILES string of the molecule is CCCCCCCCCC=CC=CC=CC=CC=CC(=O)O.NCCO[PH](=O)O. The van der Waals surface area contributed by atoms with E-state index in [4.69, 9.17) is 15.7 Å². The number of hydrogen-bond acceptors (Lipinski definition) is 4. The van der Waals surface area contributed by atoms with E-state index < -0.39 is 14.2 Å². The molecule has 0 heterocycles. The number of hydrogen-bond donors (Lipinski definition) is 3. The van der Waals surface area contributed by atoms with Gasteiger partial charge in [0.05, 0.1) is 6.61 Å². The fraction of sp³-hybridized carbons (Fsp3) is 0.500. The van der Waals surface area contributed by atoms with E-state index in [9.17, 15) is 9.36 Å². The van der Waals surface area contributed by atoms with Crippen LogP contribution < -0.4 is 5.73 Å². The maximum absolute atomic E-state index is 10.2. The van der Waals surface area contributed by atoms with Crippen LogP contribution in [0.1, 0.15) is 58.3 Å². The molecule has 1 unspecified atom stereocenters. The highest BCUT2D eigenvalue weighted by atomic mass is 31.1. The van der Waals surface area contributed by atoms with Gasteiger partial charge in [-0.2, -0.15) is 0 Å². The summed E-state index contributed by atoms with van der Waals surface area (Å²) in [7, 11) is -2.73. The minimum absolute atomic E-state index is 0.161. The molecule has 1 atom stereocenters. The van der Waals surface area contributed by atoms with E-state index in [0.717, 1.165) is 12.5 Å². The van der Waals surface area contributed by atoms with Crippen molar-refractivity contribution in [2.24, 2.45) is 5.73 Å². The number of unbranched alkanes of at least 4 members (excludes halogenated alkanes) is 7. The lowest BCUT2D eigenvalue weighted by molar-refractivity contribution is -0.131. The van der Waals surface area contributed by atoms with Crippen molar-refractivity contribution < 1.29 is 23.9 Å². The molecule has 0 saturated heterocycles. The quantitative estimate of drug-likeness (QED) is 0.133. The Morgan fingerprint density at radius 2 is 1.41 bits per heavy atom. The molecule has 0 radical (unpaired) electrons. The molecule has 7 heteroatoms. The summed E-state index contributed by atoms with van der Waals surface area (Å²) in [6.45, 7) is 2.70. The molecule has 0 spiro atoms. The zero-order valence-electron chi connectivity index (χ0n) is 17.5. The minimum Gasteiger partial charge on any atom is -0.478 e. The van der Waals surface area contributed by atoms with E-state index in [2.05, 4.69) is 23.6 Å². The lowest BCUT2D eigenvalue weighted by atomic mass is 10.1. The normalized spacial score (nSPS) is 13.1. The van der Waals surface area contributed by atoms with Crippen molar-refractivity contribution in [3.05, 3.63) is 60.8 Å². The first kappa shape index (κ1) is 29.5. The molecule has 0 bridgehead atoms. The zero-order chi connectivity index (χ0) is 22.0. The largest absolute Gasteiger partial charge is 0.478 e. The lowest BCUT2D eigenvalue weighted by Gasteiger charge is -1.98. The third-order valence-corrected chi connectivity index (χ3v) is 3.92. The molecule has 0 aliphatic carbocycles. The molecule has 6 nitrogen and oxygen atoms in total. The van der Waals surface area contributed by atoms with Gasteiger partial charge in [-0.1, -0.05) is 100 Å². The van der Waals surface area contributed by atoms with Gasteiger partial charge in [-0.15, -0.1) is 0 Å². The molecule has 0 aliphatic heterocycles. The van der Waals surface area contributed by atoms with Crippen molar-refractivity contribution in [1.29, 1.82) is 0 Å². The van der Waals surface area contributed by atoms with Gasteiger partial charge in [0.1, 0.15) is 0 Å². The van der Waals surface area contributed by atoms with Crippen molar-refractivity contribution >= 4 is 14.2 Å². The van der Waals surface area contributed by atoms with Crippen molar-refractivity contribution in [3.8, 4) is 0 Å². The number of rotatable bonds is 16. The summed E-state index contributed by atoms with van der Waals surface area (Å²) in [6.07, 6.45) is 28.8. The predicted molar refractivity (Wildman–Crippen MR) is 122 cm³/mol. The topological polar surface area (TPSA) is 110 Å². The van der Waals surface area contributed by atoms with E-state index in [0.29, 0.717) is 0 Å². The van der Waals surface area contributed by atoms with Crippen LogP contribution in [0.2, 0.25) is 0 Å². The summed E-state index contributed by atoms with van der Waals surface area (Å²) in [5, 5.41) is 8.38. The monoisotopic (exact) mass is 427 g/mol. The Morgan fingerprint density at radius 1 is 0.897 bits per heavy atom. The molecule has 0 rings (SSSR count). The van der Waals surface area contributed by atoms with E-state index >= 15 is 0 Å². The van der Waals surface area contributed by atoms with Crippen LogP contribution in [0.5, 0.6) is 0 Å². The molecule has 0 aromatic heterocycles. The maximum Gasteiger partial charge on any atom is 0.328 e. The van der Waals surface area contributed by atoms with E-state index in [1.165, 1.54) is 51.0 Å². The zero-order valence-corrected chi connectivity index (χ0v) is 18.5. The van der Waals surface area contributed by atoms with Crippen molar-refractivity contribution in [1.82, 2.24) is 0 Å². The molecule has 29 heavy (non-hydrogen) atoms. The Hall–Kier alpha value is -1.72. The second kappa shape index (κ2) is 26.3. The van der Waals surface area contributed by atoms with Gasteiger partial charge in [-0.3, -0.25) is 4.57 Å². The Kier molecular flexibility index (Phi) is 26.7. The molecule has 0 amide bonds. The Morgan fingerprint density at radius 3 is 1.90 bits per heavy atom. The highest BCUT2D eigenvalue weighted by Gasteiger charge is 1.88. The summed E-state index contributed by atoms with van der Waals surface area (Å²) < 4.78 is 13.8. The number of carbonyl (C=O) groups is 1. The van der Waals surface area contributed by atoms with Gasteiger partial charge in [0.2, 0.25) is 0 Å². The van der Waals surface area contributed by atoms with Crippen molar-refractivity contribution in [2.75, 3.05) is 13.2 Å². The number of carboxylic acid groups (broad SMARTS) is 1. The van der Waals surface area contributed by atoms with Crippen LogP contribution in [0, 0.1) is 0 Å². The maximum atomic E-state index is 10.2. The molecule has 0 aromatic rings. The molecular formula is C22H38NO5P. The number of carboxylic acids is 1. The standard InChI is InChI=1S/C20H30O2.C2H8NO3P/c1-2-3-4-5-6-7-8-9-10-11-12-13-14-15-16-17-18-19-20(21)22;3-1-2-6-7(4)5/h10-19H,2-9H2,1H3,(H,21,22);7H,1-3H2,(H,4,5). The highest BCUT2D eigenvalue weighted by Crippen LogP contribution is 2.12. The Balaban J connectivity index is 0. The van der Waals surface area contributed by atoms with Gasteiger partial charge in [0, 0.05) is 12.6 Å². The van der Waals surface area contributed by atoms with Gasteiger partial charge in [-0.25, -0.2) is 4.79 Å². The Bertz CT molecular complexity index is 539. The van der Waals surface area contributed by atoms with Crippen LogP contribution in [-0.2, 0) is 13.9 Å². The summed E-state index contributed by atoms with van der Waals surface area (Å²) >= 11 is 0. The average molecular weight is 428 g/mol. The van der Waals surface area contributed by atoms with Crippen LogP contribution in [0.25, 0.3) is 0 Å². The van der Waals surface area contributed by atoms with Crippen LogP contribution in [0.15, 0.2) is 60.8 Å². The molecule has 4 N–H and O–H groups in total. The van der Waals surface area contributed by atoms with Crippen molar-refractivity contribution in [2.45, 2.75) is 58.3 Å². The average Bonchev–Trinajstić information content (AvgIpc) is 2.69. The summed E-state index contributed by atoms with van der Waals surface area (Å²) in [5.41, 5.74) is 4.92. The number of nitrogens with two attached hydrogens (primary N) is 1. The first-order chi connectivity index (χ1) is 14.0. The van der Waals surface area contributed by atoms with Crippen molar-refractivity contribution in [3.63, 3.8) is 0 Å². The van der Waals surface area contributed by atoms with Gasteiger partial charge in [0.15, 0.2) is 0 Å². The van der Waals surface area contributed by atoms with E-state index in [1.807, 2.05) is 24.3 Å². The lowest BCUT2D eigenvalue weighted by Crippen LogP contribution is -2.04. The highest BCUT2D eigenvalue weighted by molar-refractivity contribution is 7.32. The third-order valence-electron chi connectivity index (χ3n) is 3.47. The fourth-order valence-corrected chi connectivity index (χ4v) is 2.36. The number of allylic oxidation sites excluding steroid dienone is 9. The van der Waals surface area contributed by atoms with E-state index in [1.54, 1.807) is 12.2 Å². The molecule has 0 fully saturated rings. The summed E-state index contributed by atoms with van der Waals surface area (Å²) in [5.74, 6) is -0.931. The van der Waals surface area contributed by atoms with Crippen LogP contribution >= 0.6 is 8.25 Å². The number of aliphatic carboxylic acids is 1. The van der Waals surface area contributed by atoms with Crippen LogP contribution in [0.4, 0.5) is 0 Å². The van der Waals surface area contributed by atoms with Crippen LogP contribution in [0.3, 0.4) is 0 Å². The van der Waals surface area contributed by atoms with E-state index in [-0.39, 0.29) is 13.2 Å². The van der Waals surface area contributed by atoms with Gasteiger partial charge in [0.25, 0.3) is 0 Å². The first-order valence-electron chi connectivity index (χ1n) is 10.2. The second-order valence-corrected chi connectivity index (χ2v) is 6.91. The fourth-order valence-electron chi connectivity index (χ4n) is 2.06. The van der Waals surface area contributed by atoms with Gasteiger partial charge in [-0.05, 0) is 12.8 Å². The molecule has 0 aromatic carbocycles. The third kappa shape index (κ3) is 34.2. The molecule has 0 aliphatic rings. The first-order valence-corrected chi connectivity index (χ1v) is 11.4.